The summed E-state index contributed by atoms with van der Waals surface area (Å²) in [6, 6.07) is 12.0. The molecule has 1 N–H and O–H groups in total. The largest absolute Gasteiger partial charge is 0.339 e. The molecule has 0 bridgehead atoms. The highest BCUT2D eigenvalue weighted by Crippen LogP contribution is 2.25. The summed E-state index contributed by atoms with van der Waals surface area (Å²) in [5.41, 5.74) is 3.26. The lowest BCUT2D eigenvalue weighted by Crippen LogP contribution is -2.39. The van der Waals surface area contributed by atoms with E-state index >= 15 is 0 Å². The van der Waals surface area contributed by atoms with Crippen molar-refractivity contribution < 1.29 is 4.79 Å². The molecule has 3 rings (SSSR count). The number of carbonyl (C=O) groups excluding carboxylic acids is 1. The van der Waals surface area contributed by atoms with Crippen LogP contribution in [0.25, 0.3) is 5.57 Å². The van der Waals surface area contributed by atoms with Crippen LogP contribution in [0.3, 0.4) is 0 Å². The first-order valence-electron chi connectivity index (χ1n) is 7.52. The van der Waals surface area contributed by atoms with E-state index in [1.807, 2.05) is 31.2 Å². The van der Waals surface area contributed by atoms with Gasteiger partial charge in [-0.15, -0.1) is 11.3 Å². The van der Waals surface area contributed by atoms with Crippen LogP contribution in [-0.2, 0) is 0 Å². The second-order valence-corrected chi connectivity index (χ2v) is 6.51. The second kappa shape index (κ2) is 6.90. The number of nitrogens with zero attached hydrogens (tertiary/aromatic N) is 1. The van der Waals surface area contributed by atoms with Gasteiger partial charge in [-0.3, -0.25) is 9.69 Å². The fraction of sp³-hybridized carbons (Fsp3) is 0.278. The van der Waals surface area contributed by atoms with E-state index in [2.05, 4.69) is 33.8 Å². The van der Waals surface area contributed by atoms with Crippen LogP contribution in [0.1, 0.15) is 27.2 Å². The Bertz CT molecular complexity index is 676. The molecule has 22 heavy (non-hydrogen) atoms. The fourth-order valence-corrected chi connectivity index (χ4v) is 3.41. The highest BCUT2D eigenvalue weighted by molar-refractivity contribution is 7.11. The lowest BCUT2D eigenvalue weighted by atomic mass is 10.1. The molecule has 2 aromatic rings. The quantitative estimate of drug-likeness (QED) is 0.936. The van der Waals surface area contributed by atoms with Crippen molar-refractivity contribution in [1.29, 1.82) is 0 Å². The number of amides is 1. The minimum absolute atomic E-state index is 0.00302. The zero-order valence-electron chi connectivity index (χ0n) is 12.7. The fourth-order valence-electron chi connectivity index (χ4n) is 2.61. The van der Waals surface area contributed by atoms with E-state index in [0.717, 1.165) is 30.6 Å². The van der Waals surface area contributed by atoms with Crippen LogP contribution in [0.5, 0.6) is 0 Å². The molecule has 0 spiro atoms. The lowest BCUT2D eigenvalue weighted by Gasteiger charge is -2.26. The molecule has 3 nitrogen and oxygen atoms in total. The van der Waals surface area contributed by atoms with Gasteiger partial charge in [0.05, 0.1) is 6.67 Å². The lowest BCUT2D eigenvalue weighted by molar-refractivity contribution is 0.0926. The summed E-state index contributed by atoms with van der Waals surface area (Å²) < 4.78 is 0. The van der Waals surface area contributed by atoms with Crippen LogP contribution in [-0.4, -0.2) is 30.6 Å². The van der Waals surface area contributed by atoms with E-state index in [9.17, 15) is 4.79 Å². The van der Waals surface area contributed by atoms with Crippen LogP contribution >= 0.6 is 11.3 Å². The molecular weight excluding hydrogens is 292 g/mol. The van der Waals surface area contributed by atoms with Gasteiger partial charge >= 0.3 is 0 Å². The van der Waals surface area contributed by atoms with E-state index in [0.29, 0.717) is 6.67 Å². The van der Waals surface area contributed by atoms with Gasteiger partial charge in [-0.05, 0) is 42.5 Å². The molecule has 0 saturated heterocycles. The second-order valence-electron chi connectivity index (χ2n) is 5.57. The van der Waals surface area contributed by atoms with E-state index in [4.69, 9.17) is 0 Å². The van der Waals surface area contributed by atoms with Gasteiger partial charge in [-0.25, -0.2) is 0 Å². The smallest absolute Gasteiger partial charge is 0.252 e. The van der Waals surface area contributed by atoms with Crippen molar-refractivity contribution in [2.24, 2.45) is 0 Å². The standard InChI is InChI=1S/C18H20N2OS/c1-14-4-2-5-16(12-14)18(21)19-13-20-9-7-15(8-10-20)17-6-3-11-22-17/h2-7,11-12H,8-10,13H2,1H3,(H,19,21). The third-order valence-electron chi connectivity index (χ3n) is 3.87. The Balaban J connectivity index is 1.52. The summed E-state index contributed by atoms with van der Waals surface area (Å²) in [5.74, 6) is -0.00302. The minimum atomic E-state index is -0.00302. The first-order valence-corrected chi connectivity index (χ1v) is 8.40. The van der Waals surface area contributed by atoms with Crippen LogP contribution in [0.4, 0.5) is 0 Å². The van der Waals surface area contributed by atoms with Crippen molar-refractivity contribution in [2.45, 2.75) is 13.3 Å². The molecule has 1 aromatic carbocycles. The molecular formula is C18H20N2OS. The third kappa shape index (κ3) is 3.64. The maximum Gasteiger partial charge on any atom is 0.252 e. The number of hydrogen-bond donors (Lipinski definition) is 1. The van der Waals surface area contributed by atoms with Gasteiger partial charge in [0.25, 0.3) is 5.91 Å². The van der Waals surface area contributed by atoms with Crippen molar-refractivity contribution in [2.75, 3.05) is 19.8 Å². The van der Waals surface area contributed by atoms with Crippen molar-refractivity contribution in [3.63, 3.8) is 0 Å². The predicted octanol–water partition coefficient (Wildman–Crippen LogP) is 3.53. The Hall–Kier alpha value is -1.91. The Morgan fingerprint density at radius 1 is 1.32 bits per heavy atom. The molecule has 0 aliphatic carbocycles. The van der Waals surface area contributed by atoms with Gasteiger partial charge in [0.15, 0.2) is 0 Å². The molecule has 114 valence electrons. The molecule has 1 aliphatic heterocycles. The van der Waals surface area contributed by atoms with E-state index in [-0.39, 0.29) is 5.91 Å². The summed E-state index contributed by atoms with van der Waals surface area (Å²) in [6.45, 7) is 4.47. The average Bonchev–Trinajstić information content (AvgIpc) is 3.07. The van der Waals surface area contributed by atoms with Crippen LogP contribution in [0, 0.1) is 6.92 Å². The van der Waals surface area contributed by atoms with Crippen LogP contribution in [0.15, 0.2) is 47.9 Å². The van der Waals surface area contributed by atoms with Crippen molar-refractivity contribution in [1.82, 2.24) is 10.2 Å². The van der Waals surface area contributed by atoms with Crippen molar-refractivity contribution >= 4 is 22.8 Å². The van der Waals surface area contributed by atoms with Gasteiger partial charge < -0.3 is 5.32 Å². The molecule has 4 heteroatoms. The van der Waals surface area contributed by atoms with Gasteiger partial charge in [0, 0.05) is 23.5 Å². The Morgan fingerprint density at radius 3 is 2.91 bits per heavy atom. The molecule has 1 aromatic heterocycles. The first kappa shape index (κ1) is 15.0. The third-order valence-corrected chi connectivity index (χ3v) is 4.82. The molecule has 1 aliphatic rings. The molecule has 0 fully saturated rings. The zero-order valence-corrected chi connectivity index (χ0v) is 13.5. The maximum absolute atomic E-state index is 12.1. The molecule has 0 radical (unpaired) electrons. The SMILES string of the molecule is Cc1cccc(C(=O)NCN2CC=C(c3cccs3)CC2)c1. The normalized spacial score (nSPS) is 15.4. The van der Waals surface area contributed by atoms with Gasteiger partial charge in [-0.2, -0.15) is 0 Å². The molecule has 0 saturated carbocycles. The number of benzene rings is 1. The highest BCUT2D eigenvalue weighted by Gasteiger charge is 2.14. The number of thiophene rings is 1. The van der Waals surface area contributed by atoms with Crippen LogP contribution in [0.2, 0.25) is 0 Å². The topological polar surface area (TPSA) is 32.3 Å². The number of hydrogen-bond acceptors (Lipinski definition) is 3. The molecule has 0 atom stereocenters. The Kier molecular flexibility index (Phi) is 4.71. The Morgan fingerprint density at radius 2 is 2.23 bits per heavy atom. The van der Waals surface area contributed by atoms with Crippen LogP contribution < -0.4 is 5.32 Å². The van der Waals surface area contributed by atoms with E-state index in [1.165, 1.54) is 10.5 Å². The van der Waals surface area contributed by atoms with E-state index in [1.54, 1.807) is 11.3 Å². The average molecular weight is 312 g/mol. The molecule has 1 amide bonds. The van der Waals surface area contributed by atoms with Crippen molar-refractivity contribution in [3.05, 3.63) is 63.9 Å². The van der Waals surface area contributed by atoms with Gasteiger partial charge in [0.2, 0.25) is 0 Å². The maximum atomic E-state index is 12.1. The number of rotatable bonds is 4. The highest BCUT2D eigenvalue weighted by atomic mass is 32.1. The van der Waals surface area contributed by atoms with Crippen molar-refractivity contribution in [3.8, 4) is 0 Å². The predicted molar refractivity (Wildman–Crippen MR) is 92.0 cm³/mol. The monoisotopic (exact) mass is 312 g/mol. The van der Waals surface area contributed by atoms with Gasteiger partial charge in [0.1, 0.15) is 0 Å². The summed E-state index contributed by atoms with van der Waals surface area (Å²) in [4.78, 5) is 15.8. The number of aryl methyl sites for hydroxylation is 1. The summed E-state index contributed by atoms with van der Waals surface area (Å²) in [7, 11) is 0. The first-order chi connectivity index (χ1) is 10.7. The number of nitrogens with one attached hydrogen (secondary N) is 1. The molecule has 0 unspecified atom stereocenters. The summed E-state index contributed by atoms with van der Waals surface area (Å²) in [5, 5.41) is 5.12. The minimum Gasteiger partial charge on any atom is -0.339 e. The van der Waals surface area contributed by atoms with Gasteiger partial charge in [-0.1, -0.05) is 29.8 Å². The zero-order chi connectivity index (χ0) is 15.4. The number of carbonyl (C=O) groups is 1. The Labute approximate surface area is 135 Å². The summed E-state index contributed by atoms with van der Waals surface area (Å²) >= 11 is 1.79. The molecule has 2 heterocycles. The summed E-state index contributed by atoms with van der Waals surface area (Å²) in [6.07, 6.45) is 3.31. The van der Waals surface area contributed by atoms with E-state index < -0.39 is 0 Å².